The van der Waals surface area contributed by atoms with E-state index in [0.717, 1.165) is 11.3 Å². The molecule has 6 heteroatoms. The summed E-state index contributed by atoms with van der Waals surface area (Å²) in [4.78, 5) is 15.0. The van der Waals surface area contributed by atoms with Crippen LogP contribution in [0.4, 0.5) is 4.39 Å². The largest absolute Gasteiger partial charge is 0.497 e. The minimum Gasteiger partial charge on any atom is -0.497 e. The maximum Gasteiger partial charge on any atom is 0.257 e. The van der Waals surface area contributed by atoms with Crippen LogP contribution in [-0.4, -0.2) is 48.3 Å². The Hall–Kier alpha value is -2.73. The molecular formula is C22H26FN3O2. The molecule has 1 heterocycles. The Balaban J connectivity index is 1.91. The van der Waals surface area contributed by atoms with Gasteiger partial charge in [-0.1, -0.05) is 24.3 Å². The van der Waals surface area contributed by atoms with Crippen LogP contribution in [0.1, 0.15) is 37.4 Å². The molecule has 2 aromatic carbocycles. The van der Waals surface area contributed by atoms with Crippen molar-refractivity contribution in [1.82, 2.24) is 9.91 Å². The first kappa shape index (κ1) is 20.0. The summed E-state index contributed by atoms with van der Waals surface area (Å²) in [6, 6.07) is 14.0. The molecule has 3 rings (SSSR count). The molecule has 0 N–H and O–H groups in total. The minimum atomic E-state index is -0.314. The van der Waals surface area contributed by atoms with Crippen molar-refractivity contribution in [3.8, 4) is 5.75 Å². The third-order valence-corrected chi connectivity index (χ3v) is 5.09. The van der Waals surface area contributed by atoms with Crippen LogP contribution < -0.4 is 4.74 Å². The highest BCUT2D eigenvalue weighted by molar-refractivity contribution is 6.03. The molecule has 2 aromatic rings. The van der Waals surface area contributed by atoms with Crippen LogP contribution in [0, 0.1) is 5.82 Å². The lowest BCUT2D eigenvalue weighted by Crippen LogP contribution is -2.39. The molecule has 28 heavy (non-hydrogen) atoms. The van der Waals surface area contributed by atoms with Crippen LogP contribution in [0.5, 0.6) is 5.75 Å². The molecule has 0 saturated carbocycles. The first-order chi connectivity index (χ1) is 13.4. The number of ether oxygens (including phenoxy) is 1. The van der Waals surface area contributed by atoms with Crippen molar-refractivity contribution in [2.75, 3.05) is 20.7 Å². The highest BCUT2D eigenvalue weighted by atomic mass is 19.1. The van der Waals surface area contributed by atoms with E-state index in [9.17, 15) is 9.18 Å². The average Bonchev–Trinajstić information content (AvgIpc) is 3.13. The van der Waals surface area contributed by atoms with Gasteiger partial charge in [0.25, 0.3) is 5.91 Å². The molecule has 0 aromatic heterocycles. The van der Waals surface area contributed by atoms with Gasteiger partial charge in [-0.05, 0) is 50.7 Å². The summed E-state index contributed by atoms with van der Waals surface area (Å²) in [7, 11) is 3.53. The van der Waals surface area contributed by atoms with E-state index < -0.39 is 0 Å². The Morgan fingerprint density at radius 3 is 2.61 bits per heavy atom. The van der Waals surface area contributed by atoms with E-state index in [1.54, 1.807) is 18.2 Å². The van der Waals surface area contributed by atoms with Gasteiger partial charge in [-0.15, -0.1) is 0 Å². The van der Waals surface area contributed by atoms with Gasteiger partial charge in [-0.3, -0.25) is 9.69 Å². The summed E-state index contributed by atoms with van der Waals surface area (Å²) >= 11 is 0. The lowest BCUT2D eigenvalue weighted by atomic mass is 9.98. The summed E-state index contributed by atoms with van der Waals surface area (Å²) in [5.74, 6) is 0.361. The van der Waals surface area contributed by atoms with Crippen molar-refractivity contribution in [3.63, 3.8) is 0 Å². The maximum absolute atomic E-state index is 13.7. The van der Waals surface area contributed by atoms with Crippen molar-refractivity contribution in [2.45, 2.75) is 32.4 Å². The van der Waals surface area contributed by atoms with E-state index in [1.165, 1.54) is 12.1 Å². The Morgan fingerprint density at radius 2 is 2.00 bits per heavy atom. The molecule has 5 nitrogen and oxygen atoms in total. The molecule has 1 aliphatic heterocycles. The fraction of sp³-hybridized carbons (Fsp3) is 0.364. The van der Waals surface area contributed by atoms with Crippen LogP contribution in [0.3, 0.4) is 0 Å². The lowest BCUT2D eigenvalue weighted by Gasteiger charge is -2.26. The number of hydrogen-bond acceptors (Lipinski definition) is 4. The lowest BCUT2D eigenvalue weighted by molar-refractivity contribution is -0.134. The topological polar surface area (TPSA) is 45.1 Å². The molecule has 0 bridgehead atoms. The fourth-order valence-corrected chi connectivity index (χ4v) is 3.14. The number of carbonyl (C=O) groups excluding carboxylic acids is 1. The Kier molecular flexibility index (Phi) is 6.09. The maximum atomic E-state index is 13.7. The van der Waals surface area contributed by atoms with Gasteiger partial charge in [-0.2, -0.15) is 5.10 Å². The summed E-state index contributed by atoms with van der Waals surface area (Å²) in [6.07, 6.45) is 0.535. The van der Waals surface area contributed by atoms with E-state index in [1.807, 2.05) is 56.1 Å². The normalized spacial score (nSPS) is 16.6. The molecule has 0 aliphatic carbocycles. The van der Waals surface area contributed by atoms with Gasteiger partial charge in [0, 0.05) is 18.0 Å². The number of carbonyl (C=O) groups is 1. The van der Waals surface area contributed by atoms with Gasteiger partial charge in [0.05, 0.1) is 25.4 Å². The van der Waals surface area contributed by atoms with Gasteiger partial charge in [-0.25, -0.2) is 9.40 Å². The number of halogens is 1. The van der Waals surface area contributed by atoms with Crippen molar-refractivity contribution in [3.05, 3.63) is 65.5 Å². The van der Waals surface area contributed by atoms with Gasteiger partial charge in [0.15, 0.2) is 0 Å². The second-order valence-corrected chi connectivity index (χ2v) is 7.30. The van der Waals surface area contributed by atoms with E-state index >= 15 is 0 Å². The SMILES string of the molecule is COc1ccc([C@H]2CC(c3cccc(F)c3)=NN2C(=O)CN(C)C(C)C)cc1. The monoisotopic (exact) mass is 383 g/mol. The third kappa shape index (κ3) is 4.39. The van der Waals surface area contributed by atoms with Crippen LogP contribution in [-0.2, 0) is 4.79 Å². The molecule has 0 spiro atoms. The fourth-order valence-electron chi connectivity index (χ4n) is 3.14. The van der Waals surface area contributed by atoms with Crippen molar-refractivity contribution in [2.24, 2.45) is 5.10 Å². The zero-order valence-electron chi connectivity index (χ0n) is 16.7. The van der Waals surface area contributed by atoms with Crippen LogP contribution in [0.2, 0.25) is 0 Å². The number of nitrogens with zero attached hydrogens (tertiary/aromatic N) is 3. The third-order valence-electron chi connectivity index (χ3n) is 5.09. The smallest absolute Gasteiger partial charge is 0.257 e. The van der Waals surface area contributed by atoms with E-state index in [2.05, 4.69) is 5.10 Å². The zero-order valence-corrected chi connectivity index (χ0v) is 16.7. The summed E-state index contributed by atoms with van der Waals surface area (Å²) in [6.45, 7) is 4.35. The molecule has 0 saturated heterocycles. The standard InChI is InChI=1S/C22H26FN3O2/c1-15(2)25(3)14-22(27)26-21(16-8-10-19(28-4)11-9-16)13-20(24-26)17-6-5-7-18(23)12-17/h5-12,15,21H,13-14H2,1-4H3/t21-/m1/s1. The zero-order chi connectivity index (χ0) is 20.3. The van der Waals surface area contributed by atoms with Gasteiger partial charge < -0.3 is 4.74 Å². The number of hydrazone groups is 1. The first-order valence-electron chi connectivity index (χ1n) is 9.38. The molecule has 1 atom stereocenters. The number of methoxy groups -OCH3 is 1. The number of amides is 1. The highest BCUT2D eigenvalue weighted by Crippen LogP contribution is 2.33. The number of hydrogen-bond donors (Lipinski definition) is 0. The van der Waals surface area contributed by atoms with Crippen LogP contribution in [0.15, 0.2) is 53.6 Å². The van der Waals surface area contributed by atoms with Crippen LogP contribution in [0.25, 0.3) is 0 Å². The second kappa shape index (κ2) is 8.52. The molecule has 0 fully saturated rings. The molecular weight excluding hydrogens is 357 g/mol. The molecule has 148 valence electrons. The van der Waals surface area contributed by atoms with Crippen molar-refractivity contribution < 1.29 is 13.9 Å². The Labute approximate surface area is 165 Å². The highest BCUT2D eigenvalue weighted by Gasteiger charge is 2.33. The van der Waals surface area contributed by atoms with Crippen LogP contribution >= 0.6 is 0 Å². The molecule has 0 radical (unpaired) electrons. The average molecular weight is 383 g/mol. The van der Waals surface area contributed by atoms with Crippen molar-refractivity contribution in [1.29, 1.82) is 0 Å². The van der Waals surface area contributed by atoms with E-state index in [4.69, 9.17) is 4.74 Å². The van der Waals surface area contributed by atoms with Gasteiger partial charge in [0.1, 0.15) is 11.6 Å². The summed E-state index contributed by atoms with van der Waals surface area (Å²) < 4.78 is 18.9. The Bertz CT molecular complexity index is 864. The number of benzene rings is 2. The predicted octanol–water partition coefficient (Wildman–Crippen LogP) is 3.85. The van der Waals surface area contributed by atoms with E-state index in [0.29, 0.717) is 17.7 Å². The quantitative estimate of drug-likeness (QED) is 0.761. The second-order valence-electron chi connectivity index (χ2n) is 7.30. The summed E-state index contributed by atoms with van der Waals surface area (Å²) in [5, 5.41) is 6.13. The molecule has 1 aliphatic rings. The number of likely N-dealkylation sites (N-methyl/N-ethyl adjacent to an activating group) is 1. The predicted molar refractivity (Wildman–Crippen MR) is 108 cm³/mol. The van der Waals surface area contributed by atoms with Gasteiger partial charge >= 0.3 is 0 Å². The van der Waals surface area contributed by atoms with E-state index in [-0.39, 0.29) is 30.4 Å². The minimum absolute atomic E-state index is 0.0802. The molecule has 1 amide bonds. The summed E-state index contributed by atoms with van der Waals surface area (Å²) in [5.41, 5.74) is 2.38. The first-order valence-corrected chi connectivity index (χ1v) is 9.38. The molecule has 0 unspecified atom stereocenters. The van der Waals surface area contributed by atoms with Crippen molar-refractivity contribution >= 4 is 11.6 Å². The Morgan fingerprint density at radius 1 is 1.29 bits per heavy atom. The van der Waals surface area contributed by atoms with Gasteiger partial charge in [0.2, 0.25) is 0 Å². The number of rotatable bonds is 6.